The third-order valence-corrected chi connectivity index (χ3v) is 2.89. The number of aromatic carboxylic acids is 1. The van der Waals surface area contributed by atoms with Gasteiger partial charge in [0.15, 0.2) is 5.69 Å². The summed E-state index contributed by atoms with van der Waals surface area (Å²) in [4.78, 5) is 11.0. The molecule has 0 saturated heterocycles. The molecule has 0 unspecified atom stereocenters. The van der Waals surface area contributed by atoms with E-state index >= 15 is 0 Å². The van der Waals surface area contributed by atoms with Gasteiger partial charge in [0.2, 0.25) is 0 Å². The van der Waals surface area contributed by atoms with Gasteiger partial charge >= 0.3 is 5.97 Å². The normalized spacial score (nSPS) is 15.0. The Morgan fingerprint density at radius 1 is 1.47 bits per heavy atom. The Balaban J connectivity index is 2.44. The highest BCUT2D eigenvalue weighted by Crippen LogP contribution is 2.24. The fourth-order valence-electron chi connectivity index (χ4n) is 2.24. The summed E-state index contributed by atoms with van der Waals surface area (Å²) in [5.74, 6) is -0.886. The van der Waals surface area contributed by atoms with Crippen LogP contribution in [0.1, 0.15) is 47.9 Å². The van der Waals surface area contributed by atoms with Gasteiger partial charge in [-0.05, 0) is 32.1 Å². The lowest BCUT2D eigenvalue weighted by Gasteiger charge is -2.13. The maximum absolute atomic E-state index is 11.0. The van der Waals surface area contributed by atoms with Crippen LogP contribution in [-0.4, -0.2) is 20.9 Å². The smallest absolute Gasteiger partial charge is 0.356 e. The summed E-state index contributed by atoms with van der Waals surface area (Å²) in [7, 11) is 0. The van der Waals surface area contributed by atoms with Gasteiger partial charge in [0.25, 0.3) is 0 Å². The Labute approximate surface area is 88.9 Å². The molecule has 0 bridgehead atoms. The fraction of sp³-hybridized carbons (Fsp3) is 0.636. The fourth-order valence-corrected chi connectivity index (χ4v) is 2.24. The first-order valence-electron chi connectivity index (χ1n) is 5.56. The van der Waals surface area contributed by atoms with Crippen LogP contribution in [0, 0.1) is 0 Å². The van der Waals surface area contributed by atoms with E-state index in [1.54, 1.807) is 0 Å². The highest BCUT2D eigenvalue weighted by Gasteiger charge is 2.23. The highest BCUT2D eigenvalue weighted by atomic mass is 16.4. The van der Waals surface area contributed by atoms with Crippen molar-refractivity contribution < 1.29 is 9.90 Å². The molecule has 4 heteroatoms. The molecular weight excluding hydrogens is 192 g/mol. The van der Waals surface area contributed by atoms with E-state index in [1.807, 2.05) is 4.68 Å². The molecule has 15 heavy (non-hydrogen) atoms. The molecule has 0 aliphatic heterocycles. The van der Waals surface area contributed by atoms with Crippen molar-refractivity contribution in [1.82, 2.24) is 9.78 Å². The van der Waals surface area contributed by atoms with Crippen molar-refractivity contribution in [3.8, 4) is 0 Å². The summed E-state index contributed by atoms with van der Waals surface area (Å²) < 4.78 is 1.89. The van der Waals surface area contributed by atoms with Crippen molar-refractivity contribution >= 4 is 5.97 Å². The second-order valence-corrected chi connectivity index (χ2v) is 4.01. The van der Waals surface area contributed by atoms with Crippen LogP contribution in [-0.2, 0) is 19.4 Å². The van der Waals surface area contributed by atoms with E-state index < -0.39 is 5.97 Å². The summed E-state index contributed by atoms with van der Waals surface area (Å²) in [5.41, 5.74) is 2.40. The van der Waals surface area contributed by atoms with E-state index in [0.717, 1.165) is 49.9 Å². The number of aryl methyl sites for hydroxylation is 1. The predicted molar refractivity (Wildman–Crippen MR) is 56.1 cm³/mol. The summed E-state index contributed by atoms with van der Waals surface area (Å²) in [5, 5.41) is 13.2. The van der Waals surface area contributed by atoms with Gasteiger partial charge in [-0.2, -0.15) is 5.10 Å². The lowest BCUT2D eigenvalue weighted by Crippen LogP contribution is -2.09. The molecule has 1 N–H and O–H groups in total. The van der Waals surface area contributed by atoms with Crippen LogP contribution in [0.15, 0.2) is 0 Å². The number of fused-ring (bicyclic) bond motifs is 1. The van der Waals surface area contributed by atoms with Crippen LogP contribution in [0.3, 0.4) is 0 Å². The number of carboxylic acid groups (broad SMARTS) is 1. The Kier molecular flexibility index (Phi) is 2.75. The molecule has 1 aliphatic rings. The minimum atomic E-state index is -0.886. The lowest BCUT2D eigenvalue weighted by molar-refractivity contribution is 0.0688. The van der Waals surface area contributed by atoms with Crippen molar-refractivity contribution in [3.05, 3.63) is 17.0 Å². The van der Waals surface area contributed by atoms with E-state index in [2.05, 4.69) is 12.0 Å². The van der Waals surface area contributed by atoms with Crippen molar-refractivity contribution in [1.29, 1.82) is 0 Å². The molecule has 82 valence electrons. The lowest BCUT2D eigenvalue weighted by atomic mass is 9.96. The first-order chi connectivity index (χ1) is 7.24. The average Bonchev–Trinajstić information content (AvgIpc) is 2.59. The average molecular weight is 208 g/mol. The van der Waals surface area contributed by atoms with Crippen LogP contribution >= 0.6 is 0 Å². The Morgan fingerprint density at radius 3 is 2.87 bits per heavy atom. The zero-order chi connectivity index (χ0) is 10.8. The van der Waals surface area contributed by atoms with Gasteiger partial charge in [-0.25, -0.2) is 4.79 Å². The first kappa shape index (κ1) is 10.2. The van der Waals surface area contributed by atoms with Gasteiger partial charge in [0.05, 0.1) is 0 Å². The number of nitrogens with zero attached hydrogens (tertiary/aromatic N) is 2. The molecule has 1 aromatic heterocycles. The van der Waals surface area contributed by atoms with Gasteiger partial charge in [0, 0.05) is 17.8 Å². The van der Waals surface area contributed by atoms with Crippen LogP contribution in [0.5, 0.6) is 0 Å². The number of rotatable bonds is 3. The molecule has 0 saturated carbocycles. The minimum absolute atomic E-state index is 0.276. The van der Waals surface area contributed by atoms with E-state index in [0.29, 0.717) is 0 Å². The van der Waals surface area contributed by atoms with E-state index in [4.69, 9.17) is 5.11 Å². The van der Waals surface area contributed by atoms with Gasteiger partial charge in [-0.1, -0.05) is 6.92 Å². The molecule has 1 heterocycles. The molecule has 1 aromatic rings. The Morgan fingerprint density at radius 2 is 2.20 bits per heavy atom. The van der Waals surface area contributed by atoms with Crippen LogP contribution in [0.2, 0.25) is 0 Å². The second-order valence-electron chi connectivity index (χ2n) is 4.01. The monoisotopic (exact) mass is 208 g/mol. The Hall–Kier alpha value is -1.32. The molecule has 0 spiro atoms. The maximum Gasteiger partial charge on any atom is 0.356 e. The third-order valence-electron chi connectivity index (χ3n) is 2.89. The second kappa shape index (κ2) is 4.04. The molecule has 1 aliphatic carbocycles. The largest absolute Gasteiger partial charge is 0.476 e. The van der Waals surface area contributed by atoms with Crippen LogP contribution in [0.4, 0.5) is 0 Å². The Bertz CT molecular complexity index is 382. The van der Waals surface area contributed by atoms with Crippen molar-refractivity contribution in [2.45, 2.75) is 45.6 Å². The van der Waals surface area contributed by atoms with Gasteiger partial charge < -0.3 is 5.11 Å². The van der Waals surface area contributed by atoms with Crippen molar-refractivity contribution in [3.63, 3.8) is 0 Å². The summed E-state index contributed by atoms with van der Waals surface area (Å²) in [6.07, 6.45) is 5.09. The number of aromatic nitrogens is 2. The quantitative estimate of drug-likeness (QED) is 0.825. The molecule has 0 fully saturated rings. The van der Waals surface area contributed by atoms with E-state index in [-0.39, 0.29) is 5.69 Å². The molecule has 0 aromatic carbocycles. The molecule has 0 amide bonds. The summed E-state index contributed by atoms with van der Waals surface area (Å²) in [6, 6.07) is 0. The van der Waals surface area contributed by atoms with Crippen LogP contribution in [0.25, 0.3) is 0 Å². The van der Waals surface area contributed by atoms with Crippen molar-refractivity contribution in [2.24, 2.45) is 0 Å². The molecule has 4 nitrogen and oxygen atoms in total. The maximum atomic E-state index is 11.0. The summed E-state index contributed by atoms with van der Waals surface area (Å²) in [6.45, 7) is 2.91. The zero-order valence-electron chi connectivity index (χ0n) is 8.99. The highest BCUT2D eigenvalue weighted by molar-refractivity contribution is 5.87. The molecule has 0 radical (unpaired) electrons. The van der Waals surface area contributed by atoms with Crippen LogP contribution < -0.4 is 0 Å². The van der Waals surface area contributed by atoms with Gasteiger partial charge in [-0.3, -0.25) is 4.68 Å². The van der Waals surface area contributed by atoms with Gasteiger partial charge in [-0.15, -0.1) is 0 Å². The molecule has 0 atom stereocenters. The minimum Gasteiger partial charge on any atom is -0.476 e. The predicted octanol–water partition coefficient (Wildman–Crippen LogP) is 1.87. The third kappa shape index (κ3) is 1.76. The first-order valence-corrected chi connectivity index (χ1v) is 5.56. The number of hydrogen-bond donors (Lipinski definition) is 1. The summed E-state index contributed by atoms with van der Waals surface area (Å²) >= 11 is 0. The van der Waals surface area contributed by atoms with Gasteiger partial charge in [0.1, 0.15) is 0 Å². The number of carbonyl (C=O) groups is 1. The van der Waals surface area contributed by atoms with E-state index in [9.17, 15) is 4.79 Å². The molecular formula is C11H16N2O2. The SMILES string of the molecule is CCCn1nc(C(=O)O)c2c1CCCC2. The van der Waals surface area contributed by atoms with E-state index in [1.165, 1.54) is 0 Å². The topological polar surface area (TPSA) is 55.1 Å². The zero-order valence-corrected chi connectivity index (χ0v) is 8.99. The molecule has 2 rings (SSSR count). The number of hydrogen-bond acceptors (Lipinski definition) is 2. The standard InChI is InChI=1S/C11H16N2O2/c1-2-7-13-9-6-4-3-5-8(9)10(12-13)11(14)15/h2-7H2,1H3,(H,14,15). The van der Waals surface area contributed by atoms with Crippen molar-refractivity contribution in [2.75, 3.05) is 0 Å². The number of carboxylic acids is 1.